The summed E-state index contributed by atoms with van der Waals surface area (Å²) in [5.41, 5.74) is 1.62. The first-order valence-electron chi connectivity index (χ1n) is 7.48. The molecule has 0 amide bonds. The van der Waals surface area contributed by atoms with Crippen molar-refractivity contribution in [2.75, 3.05) is 0 Å². The van der Waals surface area contributed by atoms with Gasteiger partial charge < -0.3 is 4.84 Å². The van der Waals surface area contributed by atoms with Crippen LogP contribution < -0.4 is 10.7 Å². The first-order valence-corrected chi connectivity index (χ1v) is 7.48. The van der Waals surface area contributed by atoms with Crippen LogP contribution >= 0.6 is 0 Å². The lowest BCUT2D eigenvalue weighted by molar-refractivity contribution is -0.163. The van der Waals surface area contributed by atoms with Crippen molar-refractivity contribution in [3.05, 3.63) is 29.3 Å². The Bertz CT molecular complexity index is 596. The fourth-order valence-electron chi connectivity index (χ4n) is 3.98. The molecular formula is C17H21NO3. The molecule has 112 valence electrons. The molecule has 2 N–H and O–H groups in total. The molecule has 0 spiro atoms. The molecule has 0 aliphatic heterocycles. The topological polar surface area (TPSA) is 69.4 Å². The lowest BCUT2D eigenvalue weighted by Crippen LogP contribution is -2.60. The number of ketones is 2. The second-order valence-electron chi connectivity index (χ2n) is 6.73. The molecule has 0 saturated heterocycles. The van der Waals surface area contributed by atoms with Gasteiger partial charge in [-0.1, -0.05) is 26.8 Å². The minimum atomic E-state index is -0.594. The van der Waals surface area contributed by atoms with E-state index in [1.165, 1.54) is 0 Å². The van der Waals surface area contributed by atoms with Gasteiger partial charge in [0.2, 0.25) is 0 Å². The van der Waals surface area contributed by atoms with Crippen molar-refractivity contribution in [2.24, 2.45) is 23.1 Å². The van der Waals surface area contributed by atoms with E-state index < -0.39 is 5.92 Å². The van der Waals surface area contributed by atoms with E-state index in [1.807, 2.05) is 32.9 Å². The highest BCUT2D eigenvalue weighted by atomic mass is 16.6. The molecule has 3 fully saturated rings. The van der Waals surface area contributed by atoms with Crippen LogP contribution in [0.15, 0.2) is 18.2 Å². The fourth-order valence-corrected chi connectivity index (χ4v) is 3.98. The second-order valence-corrected chi connectivity index (χ2v) is 6.73. The minimum absolute atomic E-state index is 0.0142. The van der Waals surface area contributed by atoms with Gasteiger partial charge >= 0.3 is 0 Å². The largest absolute Gasteiger partial charge is 0.412 e. The van der Waals surface area contributed by atoms with Crippen molar-refractivity contribution in [3.8, 4) is 5.75 Å². The van der Waals surface area contributed by atoms with Crippen LogP contribution in [0.5, 0.6) is 5.75 Å². The van der Waals surface area contributed by atoms with E-state index in [-0.39, 0.29) is 28.8 Å². The second kappa shape index (κ2) is 4.67. The summed E-state index contributed by atoms with van der Waals surface area (Å²) in [6.45, 7) is 6.06. The number of carbonyl (C=O) groups is 2. The third-order valence-electron chi connectivity index (χ3n) is 5.47. The molecule has 4 nitrogen and oxygen atoms in total. The first kappa shape index (κ1) is 14.3. The molecule has 2 bridgehead atoms. The number of aryl methyl sites for hydroxylation is 1. The fraction of sp³-hybridized carbons (Fsp3) is 0.529. The number of nitrogens with two attached hydrogens (primary N) is 1. The molecular weight excluding hydrogens is 266 g/mol. The van der Waals surface area contributed by atoms with Crippen LogP contribution in [0.25, 0.3) is 0 Å². The van der Waals surface area contributed by atoms with Crippen molar-refractivity contribution in [2.45, 2.75) is 39.5 Å². The lowest BCUT2D eigenvalue weighted by Gasteiger charge is -2.56. The van der Waals surface area contributed by atoms with Crippen LogP contribution in [0.1, 0.15) is 44.2 Å². The predicted octanol–water partition coefficient (Wildman–Crippen LogP) is 2.40. The van der Waals surface area contributed by atoms with E-state index in [2.05, 4.69) is 0 Å². The molecule has 3 aliphatic carbocycles. The Morgan fingerprint density at radius 2 is 1.86 bits per heavy atom. The zero-order valence-corrected chi connectivity index (χ0v) is 12.7. The Hall–Kier alpha value is -1.68. The van der Waals surface area contributed by atoms with E-state index in [9.17, 15) is 9.59 Å². The Morgan fingerprint density at radius 1 is 1.24 bits per heavy atom. The third kappa shape index (κ3) is 1.85. The summed E-state index contributed by atoms with van der Waals surface area (Å²) in [6, 6.07) is 5.36. The first-order chi connectivity index (χ1) is 9.91. The van der Waals surface area contributed by atoms with E-state index in [0.29, 0.717) is 5.75 Å². The number of hydrogen-bond donors (Lipinski definition) is 1. The smallest absolute Gasteiger partial charge is 0.151 e. The maximum Gasteiger partial charge on any atom is 0.151 e. The van der Waals surface area contributed by atoms with Gasteiger partial charge in [-0.15, -0.1) is 0 Å². The maximum absolute atomic E-state index is 12.7. The van der Waals surface area contributed by atoms with Crippen molar-refractivity contribution < 1.29 is 14.4 Å². The molecule has 1 aromatic rings. The number of fused-ring (bicyclic) bond motifs is 2. The molecule has 2 atom stereocenters. The summed E-state index contributed by atoms with van der Waals surface area (Å²) in [7, 11) is 0. The number of carbonyl (C=O) groups excluding carboxylic acids is 2. The van der Waals surface area contributed by atoms with Gasteiger partial charge in [-0.2, -0.15) is 5.90 Å². The van der Waals surface area contributed by atoms with Gasteiger partial charge in [0.25, 0.3) is 0 Å². The zero-order valence-electron chi connectivity index (χ0n) is 12.7. The highest BCUT2D eigenvalue weighted by molar-refractivity contribution is 6.14. The van der Waals surface area contributed by atoms with E-state index >= 15 is 0 Å². The monoisotopic (exact) mass is 287 g/mol. The SMILES string of the molecule is CCc1cc(ON)ccc1C1C(=O)C2CC(C1=O)C2(C)C. The zero-order chi connectivity index (χ0) is 15.4. The molecule has 3 aliphatic rings. The van der Waals surface area contributed by atoms with Crippen LogP contribution in [-0.4, -0.2) is 11.6 Å². The standard InChI is InChI=1S/C17H21NO3/c1-4-9-7-10(21-18)5-6-11(9)14-15(19)12-8-13(16(14)20)17(12,2)3/h5-7,12-14H,4,8,18H2,1-3H3. The quantitative estimate of drug-likeness (QED) is 0.684. The van der Waals surface area contributed by atoms with E-state index in [4.69, 9.17) is 10.7 Å². The van der Waals surface area contributed by atoms with Crippen molar-refractivity contribution >= 4 is 11.6 Å². The molecule has 1 aromatic carbocycles. The highest BCUT2D eigenvalue weighted by Crippen LogP contribution is 2.59. The summed E-state index contributed by atoms with van der Waals surface area (Å²) < 4.78 is 0. The van der Waals surface area contributed by atoms with Gasteiger partial charge in [0, 0.05) is 11.8 Å². The number of Topliss-reactive ketones (excluding diaryl/α,β-unsaturated/α-hetero) is 2. The van der Waals surface area contributed by atoms with Gasteiger partial charge in [0.15, 0.2) is 11.6 Å². The number of rotatable bonds is 3. The predicted molar refractivity (Wildman–Crippen MR) is 78.8 cm³/mol. The Kier molecular flexibility index (Phi) is 3.17. The molecule has 2 unspecified atom stereocenters. The molecule has 4 heteroatoms. The average Bonchev–Trinajstić information content (AvgIpc) is 2.46. The van der Waals surface area contributed by atoms with Gasteiger partial charge in [0.05, 0.1) is 0 Å². The Morgan fingerprint density at radius 3 is 2.33 bits per heavy atom. The van der Waals surface area contributed by atoms with Crippen LogP contribution in [-0.2, 0) is 16.0 Å². The van der Waals surface area contributed by atoms with Crippen molar-refractivity contribution in [3.63, 3.8) is 0 Å². The van der Waals surface area contributed by atoms with Gasteiger partial charge in [-0.05, 0) is 41.5 Å². The lowest BCUT2D eigenvalue weighted by atomic mass is 9.45. The van der Waals surface area contributed by atoms with Crippen molar-refractivity contribution in [1.82, 2.24) is 0 Å². The Balaban J connectivity index is 2.02. The summed E-state index contributed by atoms with van der Waals surface area (Å²) in [5, 5.41) is 0. The number of benzene rings is 1. The summed E-state index contributed by atoms with van der Waals surface area (Å²) in [4.78, 5) is 30.2. The number of hydrogen-bond acceptors (Lipinski definition) is 4. The normalized spacial score (nSPS) is 30.0. The molecule has 0 aromatic heterocycles. The molecule has 4 rings (SSSR count). The molecule has 3 saturated carbocycles. The minimum Gasteiger partial charge on any atom is -0.412 e. The average molecular weight is 287 g/mol. The summed E-state index contributed by atoms with van der Waals surface area (Å²) in [6.07, 6.45) is 1.47. The molecule has 21 heavy (non-hydrogen) atoms. The van der Waals surface area contributed by atoms with Crippen LogP contribution in [0.3, 0.4) is 0 Å². The van der Waals surface area contributed by atoms with Gasteiger partial charge in [-0.25, -0.2) is 0 Å². The van der Waals surface area contributed by atoms with Crippen molar-refractivity contribution in [1.29, 1.82) is 0 Å². The Labute approximate surface area is 124 Å². The third-order valence-corrected chi connectivity index (χ3v) is 5.47. The van der Waals surface area contributed by atoms with Gasteiger partial charge in [-0.3, -0.25) is 9.59 Å². The highest BCUT2D eigenvalue weighted by Gasteiger charge is 2.62. The van der Waals surface area contributed by atoms with Crippen LogP contribution in [0.2, 0.25) is 0 Å². The van der Waals surface area contributed by atoms with Crippen LogP contribution in [0.4, 0.5) is 0 Å². The van der Waals surface area contributed by atoms with Gasteiger partial charge in [0.1, 0.15) is 11.7 Å². The molecule has 0 heterocycles. The van der Waals surface area contributed by atoms with E-state index in [0.717, 1.165) is 24.0 Å². The summed E-state index contributed by atoms with van der Waals surface area (Å²) in [5.74, 6) is 5.35. The van der Waals surface area contributed by atoms with E-state index in [1.54, 1.807) is 6.07 Å². The molecule has 0 radical (unpaired) electrons. The maximum atomic E-state index is 12.7. The summed E-state index contributed by atoms with van der Waals surface area (Å²) >= 11 is 0. The van der Waals surface area contributed by atoms with Crippen LogP contribution in [0, 0.1) is 17.3 Å².